The van der Waals surface area contributed by atoms with E-state index in [0.717, 1.165) is 39.1 Å². The monoisotopic (exact) mass is 275 g/mol. The number of aryl methyl sites for hydroxylation is 1. The van der Waals surface area contributed by atoms with Gasteiger partial charge in [-0.15, -0.1) is 0 Å². The number of rotatable bonds is 2. The Kier molecular flexibility index (Phi) is 3.61. The van der Waals surface area contributed by atoms with E-state index >= 15 is 0 Å². The van der Waals surface area contributed by atoms with E-state index in [4.69, 9.17) is 15.2 Å². The maximum Gasteiger partial charge on any atom is 0.0940 e. The Hall–Kier alpha value is -0.900. The molecule has 3 atom stereocenters. The van der Waals surface area contributed by atoms with Crippen LogP contribution in [0.5, 0.6) is 0 Å². The first-order chi connectivity index (χ1) is 9.52. The molecule has 2 N–H and O–H groups in total. The molecule has 0 radical (unpaired) electrons. The molecule has 110 valence electrons. The van der Waals surface area contributed by atoms with Crippen LogP contribution in [0.15, 0.2) is 24.3 Å². The van der Waals surface area contributed by atoms with Crippen molar-refractivity contribution in [3.63, 3.8) is 0 Å². The summed E-state index contributed by atoms with van der Waals surface area (Å²) in [6.07, 6.45) is 3.05. The zero-order valence-electron chi connectivity index (χ0n) is 12.5. The Balaban J connectivity index is 1.81. The van der Waals surface area contributed by atoms with Crippen LogP contribution < -0.4 is 5.73 Å². The van der Waals surface area contributed by atoms with Gasteiger partial charge >= 0.3 is 0 Å². The number of benzene rings is 1. The minimum Gasteiger partial charge on any atom is -0.378 e. The fourth-order valence-corrected chi connectivity index (χ4v) is 3.55. The lowest BCUT2D eigenvalue weighted by Gasteiger charge is -2.44. The van der Waals surface area contributed by atoms with Crippen molar-refractivity contribution in [2.45, 2.75) is 44.2 Å². The highest BCUT2D eigenvalue weighted by Crippen LogP contribution is 2.42. The normalized spacial score (nSPS) is 33.2. The lowest BCUT2D eigenvalue weighted by Crippen LogP contribution is -2.50. The SMILES string of the molecule is Cc1ccc(C(C)(N)C2CCOC3(CCOC3)C2)cc1. The van der Waals surface area contributed by atoms with E-state index in [1.54, 1.807) is 0 Å². The molecular formula is C17H25NO2. The van der Waals surface area contributed by atoms with Crippen LogP contribution >= 0.6 is 0 Å². The first-order valence-electron chi connectivity index (χ1n) is 7.60. The molecule has 2 saturated heterocycles. The van der Waals surface area contributed by atoms with Crippen molar-refractivity contribution in [3.05, 3.63) is 35.4 Å². The zero-order chi connectivity index (χ0) is 14.2. The van der Waals surface area contributed by atoms with Gasteiger partial charge in [0.15, 0.2) is 0 Å². The fourth-order valence-electron chi connectivity index (χ4n) is 3.55. The van der Waals surface area contributed by atoms with Crippen LogP contribution in [-0.4, -0.2) is 25.4 Å². The quantitative estimate of drug-likeness (QED) is 0.902. The predicted octanol–water partition coefficient (Wildman–Crippen LogP) is 2.75. The van der Waals surface area contributed by atoms with Gasteiger partial charge in [-0.2, -0.15) is 0 Å². The molecule has 0 amide bonds. The van der Waals surface area contributed by atoms with Crippen LogP contribution in [0.25, 0.3) is 0 Å². The Morgan fingerprint density at radius 3 is 2.65 bits per heavy atom. The molecule has 2 heterocycles. The summed E-state index contributed by atoms with van der Waals surface area (Å²) >= 11 is 0. The summed E-state index contributed by atoms with van der Waals surface area (Å²) < 4.78 is 11.6. The molecule has 0 aliphatic carbocycles. The summed E-state index contributed by atoms with van der Waals surface area (Å²) in [5.41, 5.74) is 8.84. The van der Waals surface area contributed by atoms with Crippen molar-refractivity contribution >= 4 is 0 Å². The smallest absolute Gasteiger partial charge is 0.0940 e. The van der Waals surface area contributed by atoms with Gasteiger partial charge in [0, 0.05) is 25.2 Å². The molecule has 3 nitrogen and oxygen atoms in total. The third kappa shape index (κ3) is 2.50. The summed E-state index contributed by atoms with van der Waals surface area (Å²) in [5, 5.41) is 0. The number of hydrogen-bond acceptors (Lipinski definition) is 3. The molecule has 3 rings (SSSR count). The van der Waals surface area contributed by atoms with Crippen molar-refractivity contribution in [2.24, 2.45) is 11.7 Å². The number of nitrogens with two attached hydrogens (primary N) is 1. The van der Waals surface area contributed by atoms with Crippen molar-refractivity contribution in [2.75, 3.05) is 19.8 Å². The second-order valence-electron chi connectivity index (χ2n) is 6.67. The molecule has 2 aliphatic heterocycles. The van der Waals surface area contributed by atoms with Crippen LogP contribution in [0.4, 0.5) is 0 Å². The molecule has 0 bridgehead atoms. The largest absolute Gasteiger partial charge is 0.378 e. The average molecular weight is 275 g/mol. The second kappa shape index (κ2) is 5.14. The molecule has 1 aromatic rings. The van der Waals surface area contributed by atoms with Gasteiger partial charge < -0.3 is 15.2 Å². The van der Waals surface area contributed by atoms with Gasteiger partial charge in [-0.05, 0) is 38.2 Å². The van der Waals surface area contributed by atoms with E-state index in [1.807, 2.05) is 0 Å². The van der Waals surface area contributed by atoms with Crippen molar-refractivity contribution < 1.29 is 9.47 Å². The van der Waals surface area contributed by atoms with E-state index in [9.17, 15) is 0 Å². The van der Waals surface area contributed by atoms with E-state index < -0.39 is 0 Å². The zero-order valence-corrected chi connectivity index (χ0v) is 12.5. The van der Waals surface area contributed by atoms with Crippen LogP contribution in [0.2, 0.25) is 0 Å². The van der Waals surface area contributed by atoms with Gasteiger partial charge in [0.05, 0.1) is 12.2 Å². The molecule has 3 unspecified atom stereocenters. The maximum atomic E-state index is 6.72. The Bertz CT molecular complexity index is 460. The predicted molar refractivity (Wildman–Crippen MR) is 79.6 cm³/mol. The standard InChI is InChI=1S/C17H25NO2/c1-13-3-5-14(6-4-13)16(2,18)15-7-9-20-17(11-15)8-10-19-12-17/h3-6,15H,7-12,18H2,1-2H3. The van der Waals surface area contributed by atoms with E-state index in [1.165, 1.54) is 11.1 Å². The molecule has 2 aliphatic rings. The molecule has 1 aromatic carbocycles. The number of hydrogen-bond donors (Lipinski definition) is 1. The van der Waals surface area contributed by atoms with E-state index in [0.29, 0.717) is 5.92 Å². The van der Waals surface area contributed by atoms with Crippen LogP contribution in [0.1, 0.15) is 37.3 Å². The summed E-state index contributed by atoms with van der Waals surface area (Å²) in [6, 6.07) is 8.63. The minimum absolute atomic E-state index is 0.0752. The van der Waals surface area contributed by atoms with Gasteiger partial charge in [0.2, 0.25) is 0 Å². The summed E-state index contributed by atoms with van der Waals surface area (Å²) in [4.78, 5) is 0. The third-order valence-corrected chi connectivity index (χ3v) is 5.08. The van der Waals surface area contributed by atoms with Crippen molar-refractivity contribution in [1.29, 1.82) is 0 Å². The minimum atomic E-state index is -0.299. The van der Waals surface area contributed by atoms with Crippen LogP contribution in [0, 0.1) is 12.8 Å². The average Bonchev–Trinajstić information content (AvgIpc) is 2.87. The Morgan fingerprint density at radius 2 is 2.00 bits per heavy atom. The molecule has 2 fully saturated rings. The molecule has 20 heavy (non-hydrogen) atoms. The Morgan fingerprint density at radius 1 is 1.25 bits per heavy atom. The van der Waals surface area contributed by atoms with Crippen molar-refractivity contribution in [1.82, 2.24) is 0 Å². The van der Waals surface area contributed by atoms with Gasteiger partial charge in [0.25, 0.3) is 0 Å². The van der Waals surface area contributed by atoms with Gasteiger partial charge in [0.1, 0.15) is 0 Å². The first kappa shape index (κ1) is 14.1. The lowest BCUT2D eigenvalue weighted by atomic mass is 9.71. The van der Waals surface area contributed by atoms with Gasteiger partial charge in [-0.1, -0.05) is 29.8 Å². The highest BCUT2D eigenvalue weighted by molar-refractivity contribution is 5.28. The van der Waals surface area contributed by atoms with Crippen LogP contribution in [0.3, 0.4) is 0 Å². The summed E-state index contributed by atoms with van der Waals surface area (Å²) in [6.45, 7) is 6.62. The lowest BCUT2D eigenvalue weighted by molar-refractivity contribution is -0.109. The van der Waals surface area contributed by atoms with Crippen molar-refractivity contribution in [3.8, 4) is 0 Å². The topological polar surface area (TPSA) is 44.5 Å². The summed E-state index contributed by atoms with van der Waals surface area (Å²) in [7, 11) is 0. The third-order valence-electron chi connectivity index (χ3n) is 5.08. The van der Waals surface area contributed by atoms with Gasteiger partial charge in [-0.3, -0.25) is 0 Å². The number of ether oxygens (including phenoxy) is 2. The first-order valence-corrected chi connectivity index (χ1v) is 7.60. The highest BCUT2D eigenvalue weighted by Gasteiger charge is 2.45. The second-order valence-corrected chi connectivity index (χ2v) is 6.67. The molecule has 0 saturated carbocycles. The molecule has 3 heteroatoms. The maximum absolute atomic E-state index is 6.72. The van der Waals surface area contributed by atoms with E-state index in [-0.39, 0.29) is 11.1 Å². The Labute approximate surface area is 121 Å². The van der Waals surface area contributed by atoms with E-state index in [2.05, 4.69) is 38.1 Å². The fraction of sp³-hybridized carbons (Fsp3) is 0.647. The molecular weight excluding hydrogens is 250 g/mol. The van der Waals surface area contributed by atoms with Gasteiger partial charge in [-0.25, -0.2) is 0 Å². The summed E-state index contributed by atoms with van der Waals surface area (Å²) in [5.74, 6) is 0.445. The molecule has 0 aromatic heterocycles. The van der Waals surface area contributed by atoms with Crippen LogP contribution in [-0.2, 0) is 15.0 Å². The molecule has 1 spiro atoms. The highest BCUT2D eigenvalue weighted by atomic mass is 16.6.